The van der Waals surface area contributed by atoms with Gasteiger partial charge in [0.15, 0.2) is 0 Å². The SMILES string of the molecule is Cc1cc([C@@H]2CCCN(C(=O)C[C@@H]3CCc4ccccc43)C2)n[nH]1. The van der Waals surface area contributed by atoms with E-state index in [1.807, 2.05) is 6.92 Å². The second kappa shape index (κ2) is 6.42. The number of amides is 1. The third-order valence-corrected chi connectivity index (χ3v) is 5.60. The fraction of sp³-hybridized carbons (Fsp3) is 0.500. The van der Waals surface area contributed by atoms with Gasteiger partial charge in [-0.05, 0) is 55.7 Å². The third-order valence-electron chi connectivity index (χ3n) is 5.60. The van der Waals surface area contributed by atoms with Crippen LogP contribution in [0, 0.1) is 6.92 Å². The van der Waals surface area contributed by atoms with Crippen molar-refractivity contribution in [2.24, 2.45) is 0 Å². The molecule has 0 saturated carbocycles. The van der Waals surface area contributed by atoms with E-state index in [1.54, 1.807) is 0 Å². The van der Waals surface area contributed by atoms with E-state index in [0.29, 0.717) is 24.2 Å². The minimum Gasteiger partial charge on any atom is -0.342 e. The summed E-state index contributed by atoms with van der Waals surface area (Å²) in [6.07, 6.45) is 5.08. The van der Waals surface area contributed by atoms with Gasteiger partial charge in [0.2, 0.25) is 5.91 Å². The molecule has 4 rings (SSSR count). The van der Waals surface area contributed by atoms with Gasteiger partial charge in [0.05, 0.1) is 5.69 Å². The second-order valence-electron chi connectivity index (χ2n) is 7.29. The quantitative estimate of drug-likeness (QED) is 0.939. The Hall–Kier alpha value is -2.10. The second-order valence-corrected chi connectivity index (χ2v) is 7.29. The van der Waals surface area contributed by atoms with Gasteiger partial charge in [0.1, 0.15) is 0 Å². The van der Waals surface area contributed by atoms with Crippen LogP contribution in [0.1, 0.15) is 60.0 Å². The number of aryl methyl sites for hydroxylation is 2. The molecule has 24 heavy (non-hydrogen) atoms. The van der Waals surface area contributed by atoms with Gasteiger partial charge in [-0.25, -0.2) is 0 Å². The number of carbonyl (C=O) groups is 1. The number of aromatic amines is 1. The number of rotatable bonds is 3. The molecule has 0 spiro atoms. The summed E-state index contributed by atoms with van der Waals surface area (Å²) in [6.45, 7) is 3.74. The van der Waals surface area contributed by atoms with Crippen molar-refractivity contribution in [3.63, 3.8) is 0 Å². The average molecular weight is 323 g/mol. The molecular formula is C20H25N3O. The normalized spacial score (nSPS) is 23.3. The first-order chi connectivity index (χ1) is 11.7. The zero-order valence-electron chi connectivity index (χ0n) is 14.3. The zero-order valence-corrected chi connectivity index (χ0v) is 14.3. The van der Waals surface area contributed by atoms with Crippen LogP contribution in [0.25, 0.3) is 0 Å². The van der Waals surface area contributed by atoms with Gasteiger partial charge in [-0.15, -0.1) is 0 Å². The predicted molar refractivity (Wildman–Crippen MR) is 94.0 cm³/mol. The molecule has 1 aliphatic heterocycles. The Labute approximate surface area is 143 Å². The van der Waals surface area contributed by atoms with E-state index in [0.717, 1.165) is 50.2 Å². The highest BCUT2D eigenvalue weighted by atomic mass is 16.2. The van der Waals surface area contributed by atoms with E-state index >= 15 is 0 Å². The van der Waals surface area contributed by atoms with E-state index in [1.165, 1.54) is 11.1 Å². The van der Waals surface area contributed by atoms with Gasteiger partial charge < -0.3 is 4.90 Å². The molecule has 1 amide bonds. The van der Waals surface area contributed by atoms with Crippen LogP contribution in [-0.2, 0) is 11.2 Å². The van der Waals surface area contributed by atoms with E-state index in [9.17, 15) is 4.79 Å². The molecule has 2 aromatic rings. The molecule has 1 saturated heterocycles. The number of aromatic nitrogens is 2. The first-order valence-corrected chi connectivity index (χ1v) is 9.08. The van der Waals surface area contributed by atoms with Crippen molar-refractivity contribution in [3.8, 4) is 0 Å². The number of benzene rings is 1. The Bertz CT molecular complexity index is 736. The van der Waals surface area contributed by atoms with Crippen LogP contribution in [0.15, 0.2) is 30.3 Å². The smallest absolute Gasteiger partial charge is 0.223 e. The molecule has 4 nitrogen and oxygen atoms in total. The number of nitrogens with zero attached hydrogens (tertiary/aromatic N) is 2. The van der Waals surface area contributed by atoms with Crippen LogP contribution in [-0.4, -0.2) is 34.1 Å². The van der Waals surface area contributed by atoms with E-state index in [4.69, 9.17) is 0 Å². The summed E-state index contributed by atoms with van der Waals surface area (Å²) >= 11 is 0. The van der Waals surface area contributed by atoms with Crippen LogP contribution >= 0.6 is 0 Å². The maximum atomic E-state index is 12.8. The lowest BCUT2D eigenvalue weighted by molar-refractivity contribution is -0.132. The molecule has 1 fully saturated rings. The Balaban J connectivity index is 1.41. The topological polar surface area (TPSA) is 49.0 Å². The summed E-state index contributed by atoms with van der Waals surface area (Å²) in [6, 6.07) is 10.7. The van der Waals surface area contributed by atoms with Crippen molar-refractivity contribution in [1.82, 2.24) is 15.1 Å². The highest BCUT2D eigenvalue weighted by molar-refractivity contribution is 5.77. The average Bonchev–Trinajstić information content (AvgIpc) is 3.22. The lowest BCUT2D eigenvalue weighted by Crippen LogP contribution is -2.39. The number of likely N-dealkylation sites (tertiary alicyclic amines) is 1. The Morgan fingerprint density at radius 3 is 3.04 bits per heavy atom. The number of carbonyl (C=O) groups excluding carboxylic acids is 1. The molecule has 1 N–H and O–H groups in total. The molecule has 2 atom stereocenters. The lowest BCUT2D eigenvalue weighted by atomic mass is 9.92. The number of hydrogen-bond donors (Lipinski definition) is 1. The van der Waals surface area contributed by atoms with Crippen molar-refractivity contribution < 1.29 is 4.79 Å². The molecule has 1 aromatic heterocycles. The largest absolute Gasteiger partial charge is 0.342 e. The van der Waals surface area contributed by atoms with Crippen LogP contribution in [0.5, 0.6) is 0 Å². The Morgan fingerprint density at radius 2 is 2.21 bits per heavy atom. The molecular weight excluding hydrogens is 298 g/mol. The van der Waals surface area contributed by atoms with Crippen LogP contribution in [0.4, 0.5) is 0 Å². The summed E-state index contributed by atoms with van der Waals surface area (Å²) in [4.78, 5) is 14.9. The van der Waals surface area contributed by atoms with Crippen molar-refractivity contribution in [2.45, 2.75) is 50.9 Å². The molecule has 2 aliphatic rings. The Kier molecular flexibility index (Phi) is 4.13. The van der Waals surface area contributed by atoms with Crippen LogP contribution < -0.4 is 0 Å². The van der Waals surface area contributed by atoms with Crippen molar-refractivity contribution >= 4 is 5.91 Å². The number of H-pyrrole nitrogens is 1. The monoisotopic (exact) mass is 323 g/mol. The number of fused-ring (bicyclic) bond motifs is 1. The van der Waals surface area contributed by atoms with Gasteiger partial charge in [-0.2, -0.15) is 5.10 Å². The Morgan fingerprint density at radius 1 is 1.33 bits per heavy atom. The molecule has 0 radical (unpaired) electrons. The van der Waals surface area contributed by atoms with Gasteiger partial charge >= 0.3 is 0 Å². The summed E-state index contributed by atoms with van der Waals surface area (Å²) < 4.78 is 0. The fourth-order valence-electron chi connectivity index (χ4n) is 4.29. The molecule has 1 aliphatic carbocycles. The van der Waals surface area contributed by atoms with Gasteiger partial charge in [0.25, 0.3) is 0 Å². The van der Waals surface area contributed by atoms with E-state index in [2.05, 4.69) is 45.4 Å². The number of hydrogen-bond acceptors (Lipinski definition) is 2. The maximum absolute atomic E-state index is 12.8. The van der Waals surface area contributed by atoms with E-state index in [-0.39, 0.29) is 0 Å². The number of piperidine rings is 1. The first kappa shape index (κ1) is 15.4. The zero-order chi connectivity index (χ0) is 16.5. The standard InChI is InChI=1S/C20H25N3O/c1-14-11-19(22-21-14)17-6-4-10-23(13-17)20(24)12-16-9-8-15-5-2-3-7-18(15)16/h2-3,5,7,11,16-17H,4,6,8-10,12-13H2,1H3,(H,21,22)/t16-,17+/m0/s1. The maximum Gasteiger partial charge on any atom is 0.223 e. The van der Waals surface area contributed by atoms with Gasteiger partial charge in [-0.1, -0.05) is 24.3 Å². The van der Waals surface area contributed by atoms with E-state index < -0.39 is 0 Å². The van der Waals surface area contributed by atoms with Crippen molar-refractivity contribution in [1.29, 1.82) is 0 Å². The van der Waals surface area contributed by atoms with Crippen molar-refractivity contribution in [2.75, 3.05) is 13.1 Å². The molecule has 0 unspecified atom stereocenters. The molecule has 126 valence electrons. The summed E-state index contributed by atoms with van der Waals surface area (Å²) in [7, 11) is 0. The fourth-order valence-corrected chi connectivity index (χ4v) is 4.29. The van der Waals surface area contributed by atoms with Gasteiger partial charge in [0, 0.05) is 31.1 Å². The van der Waals surface area contributed by atoms with Crippen LogP contribution in [0.3, 0.4) is 0 Å². The first-order valence-electron chi connectivity index (χ1n) is 9.08. The van der Waals surface area contributed by atoms with Gasteiger partial charge in [-0.3, -0.25) is 9.89 Å². The predicted octanol–water partition coefficient (Wildman–Crippen LogP) is 3.54. The number of nitrogens with one attached hydrogen (secondary N) is 1. The summed E-state index contributed by atoms with van der Waals surface area (Å²) in [5.74, 6) is 1.10. The third kappa shape index (κ3) is 2.97. The highest BCUT2D eigenvalue weighted by Crippen LogP contribution is 2.36. The lowest BCUT2D eigenvalue weighted by Gasteiger charge is -2.32. The molecule has 1 aromatic carbocycles. The molecule has 4 heteroatoms. The van der Waals surface area contributed by atoms with Crippen molar-refractivity contribution in [3.05, 3.63) is 52.8 Å². The highest BCUT2D eigenvalue weighted by Gasteiger charge is 2.30. The molecule has 2 heterocycles. The minimum absolute atomic E-state index is 0.314. The van der Waals surface area contributed by atoms with Crippen LogP contribution in [0.2, 0.25) is 0 Å². The minimum atomic E-state index is 0.314. The summed E-state index contributed by atoms with van der Waals surface area (Å²) in [5, 5.41) is 7.43. The summed E-state index contributed by atoms with van der Waals surface area (Å²) in [5.41, 5.74) is 5.02. The molecule has 0 bridgehead atoms.